The van der Waals surface area contributed by atoms with E-state index in [2.05, 4.69) is 5.32 Å². The topological polar surface area (TPSA) is 32.3 Å². The molecular weight excluding hydrogens is 307 g/mol. The Balaban J connectivity index is 0.00000161. The van der Waals surface area contributed by atoms with E-state index in [-0.39, 0.29) is 18.3 Å². The van der Waals surface area contributed by atoms with Crippen LogP contribution < -0.4 is 5.32 Å². The van der Waals surface area contributed by atoms with Crippen LogP contribution in [-0.4, -0.2) is 37.0 Å². The van der Waals surface area contributed by atoms with Crippen molar-refractivity contribution in [2.75, 3.05) is 26.2 Å². The maximum atomic E-state index is 12.9. The van der Waals surface area contributed by atoms with Gasteiger partial charge in [-0.1, -0.05) is 23.7 Å². The highest BCUT2D eigenvalue weighted by Crippen LogP contribution is 2.33. The Bertz CT molecular complexity index is 521. The molecule has 2 heterocycles. The number of carbonyl (C=O) groups excluding carboxylic acids is 1. The van der Waals surface area contributed by atoms with Gasteiger partial charge in [0.05, 0.1) is 5.41 Å². The van der Waals surface area contributed by atoms with Gasteiger partial charge in [-0.3, -0.25) is 4.79 Å². The monoisotopic (exact) mass is 328 g/mol. The van der Waals surface area contributed by atoms with Gasteiger partial charge >= 0.3 is 0 Å². The average molecular weight is 329 g/mol. The molecule has 0 unspecified atom stereocenters. The number of halogens is 2. The van der Waals surface area contributed by atoms with Crippen molar-refractivity contribution in [3.63, 3.8) is 0 Å². The fourth-order valence-electron chi connectivity index (χ4n) is 3.42. The molecule has 1 aromatic carbocycles. The van der Waals surface area contributed by atoms with E-state index in [0.717, 1.165) is 31.7 Å². The first kappa shape index (κ1) is 16.6. The Labute approximate surface area is 137 Å². The maximum Gasteiger partial charge on any atom is 0.232 e. The number of hydrogen-bond donors (Lipinski definition) is 1. The predicted octanol–water partition coefficient (Wildman–Crippen LogP) is 2.72. The Morgan fingerprint density at radius 2 is 1.90 bits per heavy atom. The smallest absolute Gasteiger partial charge is 0.232 e. The summed E-state index contributed by atoms with van der Waals surface area (Å²) >= 11 is 6.06. The Morgan fingerprint density at radius 1 is 1.29 bits per heavy atom. The van der Waals surface area contributed by atoms with Gasteiger partial charge in [-0.05, 0) is 43.4 Å². The maximum absolute atomic E-state index is 12.9. The Hall–Kier alpha value is -0.770. The second kappa shape index (κ2) is 6.15. The number of likely N-dealkylation sites (tertiary alicyclic amines) is 1. The van der Waals surface area contributed by atoms with Crippen molar-refractivity contribution in [1.82, 2.24) is 10.2 Å². The van der Waals surface area contributed by atoms with Crippen molar-refractivity contribution in [2.45, 2.75) is 19.3 Å². The van der Waals surface area contributed by atoms with Gasteiger partial charge in [-0.25, -0.2) is 0 Å². The third-order valence-corrected chi connectivity index (χ3v) is 4.99. The highest BCUT2D eigenvalue weighted by Gasteiger charge is 2.42. The number of hydrogen-bond acceptors (Lipinski definition) is 2. The molecule has 0 radical (unpaired) electrons. The van der Waals surface area contributed by atoms with Gasteiger partial charge in [-0.2, -0.15) is 0 Å². The van der Waals surface area contributed by atoms with Crippen molar-refractivity contribution in [1.29, 1.82) is 0 Å². The predicted molar refractivity (Wildman–Crippen MR) is 88.2 cm³/mol. The quantitative estimate of drug-likeness (QED) is 0.905. The van der Waals surface area contributed by atoms with Gasteiger partial charge in [0.15, 0.2) is 0 Å². The number of benzene rings is 1. The molecule has 116 valence electrons. The molecule has 3 rings (SSSR count). The van der Waals surface area contributed by atoms with Crippen molar-refractivity contribution >= 4 is 29.9 Å². The van der Waals surface area contributed by atoms with E-state index in [0.29, 0.717) is 16.9 Å². The molecule has 2 saturated heterocycles. The third kappa shape index (κ3) is 3.05. The molecule has 1 aromatic rings. The van der Waals surface area contributed by atoms with E-state index in [1.165, 1.54) is 0 Å². The normalized spacial score (nSPS) is 24.6. The molecule has 0 spiro atoms. The standard InChI is InChI=1S/C16H21ClN2O.ClH/c1-16(2,13-4-3-5-14(17)6-13)15(20)19-9-11-7-18-8-12(11)10-19;/h3-6,11-12,18H,7-10H2,1-2H3;1H/t11-,12+;. The van der Waals surface area contributed by atoms with Crippen LogP contribution in [0.4, 0.5) is 0 Å². The van der Waals surface area contributed by atoms with E-state index in [4.69, 9.17) is 11.6 Å². The molecule has 21 heavy (non-hydrogen) atoms. The summed E-state index contributed by atoms with van der Waals surface area (Å²) in [5.41, 5.74) is 0.474. The molecule has 2 fully saturated rings. The highest BCUT2D eigenvalue weighted by molar-refractivity contribution is 6.30. The summed E-state index contributed by atoms with van der Waals surface area (Å²) in [6.45, 7) is 7.86. The van der Waals surface area contributed by atoms with Crippen LogP contribution in [-0.2, 0) is 10.2 Å². The minimum Gasteiger partial charge on any atom is -0.341 e. The van der Waals surface area contributed by atoms with Crippen LogP contribution in [0.3, 0.4) is 0 Å². The van der Waals surface area contributed by atoms with E-state index < -0.39 is 5.41 Å². The van der Waals surface area contributed by atoms with E-state index in [1.54, 1.807) is 0 Å². The Morgan fingerprint density at radius 3 is 2.48 bits per heavy atom. The van der Waals surface area contributed by atoms with Crippen LogP contribution in [0.5, 0.6) is 0 Å². The average Bonchev–Trinajstić information content (AvgIpc) is 2.98. The lowest BCUT2D eigenvalue weighted by atomic mass is 9.83. The van der Waals surface area contributed by atoms with Gasteiger partial charge < -0.3 is 10.2 Å². The van der Waals surface area contributed by atoms with Crippen LogP contribution in [0.25, 0.3) is 0 Å². The van der Waals surface area contributed by atoms with Crippen LogP contribution in [0, 0.1) is 11.8 Å². The van der Waals surface area contributed by atoms with Crippen LogP contribution in [0.15, 0.2) is 24.3 Å². The molecular formula is C16H22Cl2N2O. The molecule has 0 aromatic heterocycles. The number of amides is 1. The number of carbonyl (C=O) groups is 1. The van der Waals surface area contributed by atoms with Crippen LogP contribution in [0.2, 0.25) is 5.02 Å². The number of nitrogens with zero attached hydrogens (tertiary/aromatic N) is 1. The molecule has 0 aliphatic carbocycles. The molecule has 5 heteroatoms. The fraction of sp³-hybridized carbons (Fsp3) is 0.562. The van der Waals surface area contributed by atoms with Gasteiger partial charge in [-0.15, -0.1) is 12.4 Å². The molecule has 1 amide bonds. The van der Waals surface area contributed by atoms with Gasteiger partial charge in [0, 0.05) is 31.2 Å². The summed E-state index contributed by atoms with van der Waals surface area (Å²) in [7, 11) is 0. The van der Waals surface area contributed by atoms with Crippen LogP contribution in [0.1, 0.15) is 19.4 Å². The van der Waals surface area contributed by atoms with Crippen molar-refractivity contribution in [3.05, 3.63) is 34.9 Å². The highest BCUT2D eigenvalue weighted by atomic mass is 35.5. The van der Waals surface area contributed by atoms with Crippen molar-refractivity contribution in [3.8, 4) is 0 Å². The third-order valence-electron chi connectivity index (χ3n) is 4.76. The lowest BCUT2D eigenvalue weighted by molar-refractivity contribution is -0.135. The first-order valence-electron chi connectivity index (χ1n) is 7.24. The van der Waals surface area contributed by atoms with Gasteiger partial charge in [0.2, 0.25) is 5.91 Å². The zero-order valence-electron chi connectivity index (χ0n) is 12.4. The summed E-state index contributed by atoms with van der Waals surface area (Å²) in [6.07, 6.45) is 0. The summed E-state index contributed by atoms with van der Waals surface area (Å²) < 4.78 is 0. The van der Waals surface area contributed by atoms with Crippen LogP contribution >= 0.6 is 24.0 Å². The van der Waals surface area contributed by atoms with Crippen molar-refractivity contribution in [2.24, 2.45) is 11.8 Å². The zero-order chi connectivity index (χ0) is 14.3. The number of rotatable bonds is 2. The van der Waals surface area contributed by atoms with E-state index in [9.17, 15) is 4.79 Å². The van der Waals surface area contributed by atoms with Gasteiger partial charge in [0.25, 0.3) is 0 Å². The summed E-state index contributed by atoms with van der Waals surface area (Å²) in [4.78, 5) is 14.9. The van der Waals surface area contributed by atoms with Crippen molar-refractivity contribution < 1.29 is 4.79 Å². The first-order chi connectivity index (χ1) is 9.48. The molecule has 0 bridgehead atoms. The molecule has 0 saturated carbocycles. The number of nitrogens with one attached hydrogen (secondary N) is 1. The SMILES string of the molecule is CC(C)(C(=O)N1C[C@H]2CNC[C@H]2C1)c1cccc(Cl)c1.Cl. The second-order valence-corrected chi connectivity index (χ2v) is 6.96. The minimum atomic E-state index is -0.517. The zero-order valence-corrected chi connectivity index (χ0v) is 14.0. The molecule has 3 nitrogen and oxygen atoms in total. The lowest BCUT2D eigenvalue weighted by Gasteiger charge is -2.30. The Kier molecular flexibility index (Phi) is 4.86. The summed E-state index contributed by atoms with van der Waals surface area (Å²) in [5, 5.41) is 4.09. The van der Waals surface area contributed by atoms with E-state index in [1.807, 2.05) is 43.0 Å². The fourth-order valence-corrected chi connectivity index (χ4v) is 3.61. The molecule has 2 atom stereocenters. The lowest BCUT2D eigenvalue weighted by Crippen LogP contribution is -2.43. The second-order valence-electron chi connectivity index (χ2n) is 6.52. The summed E-state index contributed by atoms with van der Waals surface area (Å²) in [6, 6.07) is 7.65. The molecule has 2 aliphatic rings. The van der Waals surface area contributed by atoms with Gasteiger partial charge in [0.1, 0.15) is 0 Å². The minimum absolute atomic E-state index is 0. The first-order valence-corrected chi connectivity index (χ1v) is 7.62. The summed E-state index contributed by atoms with van der Waals surface area (Å²) in [5.74, 6) is 1.48. The molecule has 2 aliphatic heterocycles. The largest absolute Gasteiger partial charge is 0.341 e. The van der Waals surface area contributed by atoms with E-state index >= 15 is 0 Å². The molecule has 1 N–H and O–H groups in total. The number of fused-ring (bicyclic) bond motifs is 1.